The number of aliphatic hydroxyl groups is 2. The van der Waals surface area contributed by atoms with Crippen LogP contribution in [-0.4, -0.2) is 33.7 Å². The largest absolute Gasteiger partial charge is 0.366 e. The van der Waals surface area contributed by atoms with Crippen molar-refractivity contribution in [3.8, 4) is 0 Å². The molecule has 1 rings (SSSR count). The van der Waals surface area contributed by atoms with Gasteiger partial charge in [-0.25, -0.2) is 0 Å². The first kappa shape index (κ1) is 11.1. The zero-order valence-corrected chi connectivity index (χ0v) is 8.41. The summed E-state index contributed by atoms with van der Waals surface area (Å²) < 4.78 is 15.7. The minimum atomic E-state index is -3.44. The highest BCUT2D eigenvalue weighted by molar-refractivity contribution is 7.51. The van der Waals surface area contributed by atoms with E-state index in [1.165, 1.54) is 0 Å². The van der Waals surface area contributed by atoms with Crippen LogP contribution in [0.5, 0.6) is 0 Å². The Kier molecular flexibility index (Phi) is 3.15. The van der Waals surface area contributed by atoms with Crippen molar-refractivity contribution < 1.29 is 24.2 Å². The zero-order valence-electron chi connectivity index (χ0n) is 7.51. The van der Waals surface area contributed by atoms with Crippen LogP contribution < -0.4 is 0 Å². The van der Waals surface area contributed by atoms with Gasteiger partial charge in [0, 0.05) is 19.5 Å². The quantitative estimate of drug-likeness (QED) is 0.454. The van der Waals surface area contributed by atoms with Crippen molar-refractivity contribution in [2.75, 3.05) is 6.66 Å². The second-order valence-electron chi connectivity index (χ2n) is 3.59. The van der Waals surface area contributed by atoms with Crippen LogP contribution >= 0.6 is 7.60 Å². The van der Waals surface area contributed by atoms with Gasteiger partial charge in [0.15, 0.2) is 5.79 Å². The summed E-state index contributed by atoms with van der Waals surface area (Å²) in [5.74, 6) is -1.62. The second-order valence-corrected chi connectivity index (χ2v) is 5.41. The average molecular weight is 210 g/mol. The van der Waals surface area contributed by atoms with Gasteiger partial charge in [0.1, 0.15) is 0 Å². The van der Waals surface area contributed by atoms with Gasteiger partial charge >= 0.3 is 7.60 Å². The minimum Gasteiger partial charge on any atom is -0.366 e. The fourth-order valence-corrected chi connectivity index (χ4v) is 2.20. The van der Waals surface area contributed by atoms with Crippen molar-refractivity contribution in [2.45, 2.75) is 37.6 Å². The van der Waals surface area contributed by atoms with E-state index in [4.69, 9.17) is 19.6 Å². The Morgan fingerprint density at radius 2 is 1.85 bits per heavy atom. The lowest BCUT2D eigenvalue weighted by atomic mass is 9.92. The monoisotopic (exact) mass is 210 g/mol. The van der Waals surface area contributed by atoms with Crippen molar-refractivity contribution >= 4 is 7.60 Å². The lowest BCUT2D eigenvalue weighted by Gasteiger charge is -2.31. The molecule has 0 bridgehead atoms. The summed E-state index contributed by atoms with van der Waals surface area (Å²) in [6, 6.07) is 0. The molecule has 0 radical (unpaired) electrons. The molecule has 0 aromatic heterocycles. The first-order valence-electron chi connectivity index (χ1n) is 4.22. The first-order chi connectivity index (χ1) is 5.79. The van der Waals surface area contributed by atoms with Gasteiger partial charge in [-0.15, -0.1) is 0 Å². The first-order valence-corrected chi connectivity index (χ1v) is 6.24. The maximum absolute atomic E-state index is 10.9. The molecule has 1 aliphatic carbocycles. The smallest absolute Gasteiger partial charge is 0.325 e. The Balaban J connectivity index is 2.38. The number of rotatable bonds is 2. The molecule has 0 heterocycles. The molecule has 0 aromatic carbocycles. The summed E-state index contributed by atoms with van der Waals surface area (Å²) in [7, 11) is -3.44. The van der Waals surface area contributed by atoms with Crippen LogP contribution in [0.15, 0.2) is 0 Å². The van der Waals surface area contributed by atoms with E-state index < -0.39 is 13.4 Å². The van der Waals surface area contributed by atoms with Crippen LogP contribution in [0, 0.1) is 0 Å². The molecule has 0 saturated heterocycles. The van der Waals surface area contributed by atoms with E-state index in [9.17, 15) is 4.57 Å². The van der Waals surface area contributed by atoms with Crippen molar-refractivity contribution in [3.05, 3.63) is 0 Å². The predicted octanol–water partition coefficient (Wildman–Crippen LogP) is 0.442. The molecule has 0 spiro atoms. The summed E-state index contributed by atoms with van der Waals surface area (Å²) >= 11 is 0. The molecule has 1 aliphatic rings. The van der Waals surface area contributed by atoms with Crippen LogP contribution in [-0.2, 0) is 9.09 Å². The molecule has 0 amide bonds. The third kappa shape index (κ3) is 4.20. The third-order valence-electron chi connectivity index (χ3n) is 2.08. The Morgan fingerprint density at radius 3 is 2.23 bits per heavy atom. The normalized spacial score (nSPS) is 28.3. The second kappa shape index (κ2) is 3.67. The van der Waals surface area contributed by atoms with Crippen LogP contribution in [0.25, 0.3) is 0 Å². The fourth-order valence-electron chi connectivity index (χ4n) is 1.44. The summed E-state index contributed by atoms with van der Waals surface area (Å²) in [6.45, 7) is 1.13. The summed E-state index contributed by atoms with van der Waals surface area (Å²) in [5, 5.41) is 18.3. The van der Waals surface area contributed by atoms with E-state index in [-0.39, 0.29) is 18.9 Å². The zero-order chi connectivity index (χ0) is 10.1. The van der Waals surface area contributed by atoms with Gasteiger partial charge in [0.2, 0.25) is 0 Å². The molecule has 5 nitrogen and oxygen atoms in total. The van der Waals surface area contributed by atoms with Gasteiger partial charge in [0.25, 0.3) is 0 Å². The molecule has 78 valence electrons. The molecule has 1 atom stereocenters. The predicted molar refractivity (Wildman–Crippen MR) is 46.3 cm³/mol. The molecule has 1 saturated carbocycles. The van der Waals surface area contributed by atoms with E-state index in [0.29, 0.717) is 12.8 Å². The van der Waals surface area contributed by atoms with Gasteiger partial charge < -0.3 is 19.6 Å². The fraction of sp³-hybridized carbons (Fsp3) is 1.00. The van der Waals surface area contributed by atoms with Crippen LogP contribution in [0.2, 0.25) is 0 Å². The molecule has 6 heteroatoms. The van der Waals surface area contributed by atoms with Crippen LogP contribution in [0.1, 0.15) is 25.7 Å². The van der Waals surface area contributed by atoms with Gasteiger partial charge in [-0.2, -0.15) is 0 Å². The Bertz CT molecular complexity index is 211. The SMILES string of the molecule is CP(=O)(O)OC1CCC(O)(O)CC1. The average Bonchev–Trinajstić information content (AvgIpc) is 1.91. The van der Waals surface area contributed by atoms with Crippen molar-refractivity contribution in [2.24, 2.45) is 0 Å². The van der Waals surface area contributed by atoms with Gasteiger partial charge in [-0.05, 0) is 12.8 Å². The van der Waals surface area contributed by atoms with E-state index in [2.05, 4.69) is 0 Å². The molecule has 1 unspecified atom stereocenters. The molecular weight excluding hydrogens is 195 g/mol. The molecule has 0 aliphatic heterocycles. The van der Waals surface area contributed by atoms with E-state index in [1.54, 1.807) is 0 Å². The Labute approximate surface area is 76.9 Å². The molecule has 13 heavy (non-hydrogen) atoms. The summed E-state index contributed by atoms with van der Waals surface area (Å²) in [5.41, 5.74) is 0. The highest BCUT2D eigenvalue weighted by Gasteiger charge is 2.33. The maximum Gasteiger partial charge on any atom is 0.325 e. The Morgan fingerprint density at radius 1 is 1.38 bits per heavy atom. The molecule has 0 aromatic rings. The van der Waals surface area contributed by atoms with Crippen molar-refractivity contribution in [3.63, 3.8) is 0 Å². The minimum absolute atomic E-state index is 0.192. The van der Waals surface area contributed by atoms with Gasteiger partial charge in [-0.3, -0.25) is 4.57 Å². The van der Waals surface area contributed by atoms with E-state index >= 15 is 0 Å². The summed E-state index contributed by atoms with van der Waals surface area (Å²) in [6.07, 6.45) is 0.875. The topological polar surface area (TPSA) is 87.0 Å². The van der Waals surface area contributed by atoms with Crippen molar-refractivity contribution in [1.82, 2.24) is 0 Å². The molecule has 1 fully saturated rings. The lowest BCUT2D eigenvalue weighted by Crippen LogP contribution is -2.35. The third-order valence-corrected chi connectivity index (χ3v) is 2.77. The van der Waals surface area contributed by atoms with Crippen LogP contribution in [0.4, 0.5) is 0 Å². The van der Waals surface area contributed by atoms with Gasteiger partial charge in [-0.1, -0.05) is 0 Å². The highest BCUT2D eigenvalue weighted by Crippen LogP contribution is 2.42. The maximum atomic E-state index is 10.9. The Hall–Kier alpha value is 0.0700. The van der Waals surface area contributed by atoms with Crippen LogP contribution in [0.3, 0.4) is 0 Å². The molecule has 3 N–H and O–H groups in total. The number of hydrogen-bond acceptors (Lipinski definition) is 4. The van der Waals surface area contributed by atoms with E-state index in [0.717, 1.165) is 6.66 Å². The number of hydrogen-bond donors (Lipinski definition) is 3. The van der Waals surface area contributed by atoms with Crippen molar-refractivity contribution in [1.29, 1.82) is 0 Å². The molecular formula is C7H15O5P. The summed E-state index contributed by atoms with van der Waals surface area (Å²) in [4.78, 5) is 8.91. The lowest BCUT2D eigenvalue weighted by molar-refractivity contribution is -0.190. The van der Waals surface area contributed by atoms with Gasteiger partial charge in [0.05, 0.1) is 6.10 Å². The highest BCUT2D eigenvalue weighted by atomic mass is 31.2. The standard InChI is InChI=1S/C7H15O5P/c1-13(10,11)12-6-2-4-7(8,9)5-3-6/h6,8-9H,2-5H2,1H3,(H,10,11). The van der Waals surface area contributed by atoms with E-state index in [1.807, 2.05) is 0 Å².